The fraction of sp³-hybridized carbons (Fsp3) is 0.407. The number of allylic oxidation sites excluding steroid dienone is 2. The summed E-state index contributed by atoms with van der Waals surface area (Å²) in [5.41, 5.74) is 2.05. The lowest BCUT2D eigenvalue weighted by molar-refractivity contribution is -0.152. The standard InChI is InChI=1S/C27H31NO4/c1-4-27(2,3)20-7-11-22(12-8-20)32-23-13-9-21(10-14-23)28-25(29)17-31-26(30)24-16-18-5-6-19(24)15-18/h5-14,18-19,24H,4,15-17H2,1-3H3,(H,28,29)/t18-,19+,24-/m1/s1. The zero-order chi connectivity index (χ0) is 22.7. The van der Waals surface area contributed by atoms with Crippen molar-refractivity contribution in [2.24, 2.45) is 17.8 Å². The Morgan fingerprint density at radius 1 is 0.969 bits per heavy atom. The molecular formula is C27H31NO4. The van der Waals surface area contributed by atoms with Crippen molar-refractivity contribution >= 4 is 17.6 Å². The van der Waals surface area contributed by atoms with Gasteiger partial charge in [-0.3, -0.25) is 9.59 Å². The van der Waals surface area contributed by atoms with E-state index in [0.29, 0.717) is 17.4 Å². The number of hydrogen-bond donors (Lipinski definition) is 1. The van der Waals surface area contributed by atoms with E-state index in [9.17, 15) is 9.59 Å². The van der Waals surface area contributed by atoms with E-state index >= 15 is 0 Å². The molecule has 0 aliphatic heterocycles. The van der Waals surface area contributed by atoms with Crippen LogP contribution in [-0.2, 0) is 19.7 Å². The average Bonchev–Trinajstić information content (AvgIpc) is 3.43. The van der Waals surface area contributed by atoms with Gasteiger partial charge in [0.25, 0.3) is 5.91 Å². The van der Waals surface area contributed by atoms with Crippen molar-refractivity contribution < 1.29 is 19.1 Å². The summed E-state index contributed by atoms with van der Waals surface area (Å²) >= 11 is 0. The first-order valence-corrected chi connectivity index (χ1v) is 11.4. The Balaban J connectivity index is 1.25. The van der Waals surface area contributed by atoms with Crippen LogP contribution in [-0.4, -0.2) is 18.5 Å². The number of nitrogens with one attached hydrogen (secondary N) is 1. The normalized spacial score (nSPS) is 21.4. The number of benzene rings is 2. The Kier molecular flexibility index (Phi) is 6.35. The van der Waals surface area contributed by atoms with E-state index in [0.717, 1.165) is 25.0 Å². The van der Waals surface area contributed by atoms with Gasteiger partial charge in [-0.25, -0.2) is 0 Å². The molecule has 0 unspecified atom stereocenters. The van der Waals surface area contributed by atoms with Crippen molar-refractivity contribution in [3.8, 4) is 11.5 Å². The smallest absolute Gasteiger partial charge is 0.310 e. The quantitative estimate of drug-likeness (QED) is 0.418. The molecule has 0 radical (unpaired) electrons. The average molecular weight is 434 g/mol. The number of hydrogen-bond acceptors (Lipinski definition) is 4. The van der Waals surface area contributed by atoms with Crippen LogP contribution in [0.4, 0.5) is 5.69 Å². The lowest BCUT2D eigenvalue weighted by atomic mass is 9.82. The first kappa shape index (κ1) is 22.1. The predicted octanol–water partition coefficient (Wildman–Crippen LogP) is 5.86. The summed E-state index contributed by atoms with van der Waals surface area (Å²) in [7, 11) is 0. The summed E-state index contributed by atoms with van der Waals surface area (Å²) in [6, 6.07) is 15.3. The van der Waals surface area contributed by atoms with E-state index in [1.165, 1.54) is 5.56 Å². The topological polar surface area (TPSA) is 64.6 Å². The Morgan fingerprint density at radius 2 is 1.62 bits per heavy atom. The maximum absolute atomic E-state index is 12.3. The minimum Gasteiger partial charge on any atom is -0.457 e. The Labute approximate surface area is 189 Å². The van der Waals surface area contributed by atoms with Crippen LogP contribution < -0.4 is 10.1 Å². The van der Waals surface area contributed by atoms with Gasteiger partial charge in [0, 0.05) is 5.69 Å². The third-order valence-corrected chi connectivity index (χ3v) is 6.82. The third kappa shape index (κ3) is 5.04. The van der Waals surface area contributed by atoms with Crippen molar-refractivity contribution in [2.75, 3.05) is 11.9 Å². The minimum atomic E-state index is -0.347. The molecule has 1 N–H and O–H groups in total. The molecule has 2 aliphatic carbocycles. The van der Waals surface area contributed by atoms with Crippen LogP contribution in [0.25, 0.3) is 0 Å². The minimum absolute atomic E-state index is 0.101. The zero-order valence-corrected chi connectivity index (χ0v) is 19.0. The largest absolute Gasteiger partial charge is 0.457 e. The fourth-order valence-corrected chi connectivity index (χ4v) is 4.41. The van der Waals surface area contributed by atoms with Gasteiger partial charge in [-0.05, 0) is 78.5 Å². The second kappa shape index (κ2) is 9.19. The second-order valence-corrected chi connectivity index (χ2v) is 9.43. The molecule has 2 aromatic rings. The highest BCUT2D eigenvalue weighted by atomic mass is 16.5. The molecule has 0 aromatic heterocycles. The number of carbonyl (C=O) groups excluding carboxylic acids is 2. The Hall–Kier alpha value is -3.08. The number of esters is 1. The SMILES string of the molecule is CCC(C)(C)c1ccc(Oc2ccc(NC(=O)COC(=O)[C@@H]3C[C@@H]4C=C[C@H]3C4)cc2)cc1. The van der Waals surface area contributed by atoms with Gasteiger partial charge >= 0.3 is 5.97 Å². The Morgan fingerprint density at radius 3 is 2.19 bits per heavy atom. The number of carbonyl (C=O) groups is 2. The number of fused-ring (bicyclic) bond motifs is 2. The van der Waals surface area contributed by atoms with E-state index in [4.69, 9.17) is 9.47 Å². The van der Waals surface area contributed by atoms with Crippen molar-refractivity contribution in [1.82, 2.24) is 0 Å². The summed E-state index contributed by atoms with van der Waals surface area (Å²) < 4.78 is 11.2. The van der Waals surface area contributed by atoms with Crippen molar-refractivity contribution in [3.63, 3.8) is 0 Å². The predicted molar refractivity (Wildman–Crippen MR) is 125 cm³/mol. The van der Waals surface area contributed by atoms with E-state index in [2.05, 4.69) is 50.4 Å². The van der Waals surface area contributed by atoms with Crippen molar-refractivity contribution in [3.05, 3.63) is 66.2 Å². The molecule has 5 heteroatoms. The number of anilines is 1. The maximum Gasteiger partial charge on any atom is 0.310 e. The van der Waals surface area contributed by atoms with E-state index < -0.39 is 0 Å². The molecule has 5 nitrogen and oxygen atoms in total. The lowest BCUT2D eigenvalue weighted by Gasteiger charge is -2.23. The van der Waals surface area contributed by atoms with Crippen LogP contribution in [0.2, 0.25) is 0 Å². The summed E-state index contributed by atoms with van der Waals surface area (Å²) in [5.74, 6) is 1.50. The third-order valence-electron chi connectivity index (χ3n) is 6.82. The van der Waals surface area contributed by atoms with Crippen LogP contribution in [0.5, 0.6) is 11.5 Å². The van der Waals surface area contributed by atoms with Crippen LogP contribution in [0.15, 0.2) is 60.7 Å². The van der Waals surface area contributed by atoms with Gasteiger partial charge < -0.3 is 14.8 Å². The molecule has 4 rings (SSSR count). The summed E-state index contributed by atoms with van der Waals surface area (Å²) in [6.07, 6.45) is 7.21. The van der Waals surface area contributed by atoms with Crippen LogP contribution in [0.3, 0.4) is 0 Å². The Bertz CT molecular complexity index is 991. The molecule has 0 heterocycles. The van der Waals surface area contributed by atoms with E-state index in [-0.39, 0.29) is 35.7 Å². The molecule has 2 aliphatic rings. The van der Waals surface area contributed by atoms with Gasteiger partial charge in [0.05, 0.1) is 5.92 Å². The van der Waals surface area contributed by atoms with Gasteiger partial charge in [0.15, 0.2) is 6.61 Å². The maximum atomic E-state index is 12.3. The van der Waals surface area contributed by atoms with Crippen molar-refractivity contribution in [2.45, 2.75) is 45.4 Å². The molecule has 1 saturated carbocycles. The molecule has 1 amide bonds. The molecule has 2 aromatic carbocycles. The number of amides is 1. The van der Waals surface area contributed by atoms with Gasteiger partial charge in [-0.2, -0.15) is 0 Å². The molecule has 32 heavy (non-hydrogen) atoms. The lowest BCUT2D eigenvalue weighted by Crippen LogP contribution is -2.26. The number of rotatable bonds is 8. The van der Waals surface area contributed by atoms with Crippen LogP contribution in [0.1, 0.15) is 45.6 Å². The monoisotopic (exact) mass is 433 g/mol. The fourth-order valence-electron chi connectivity index (χ4n) is 4.41. The molecule has 3 atom stereocenters. The summed E-state index contributed by atoms with van der Waals surface area (Å²) in [4.78, 5) is 24.4. The van der Waals surface area contributed by atoms with Crippen LogP contribution in [0, 0.1) is 17.8 Å². The van der Waals surface area contributed by atoms with Crippen LogP contribution >= 0.6 is 0 Å². The van der Waals surface area contributed by atoms with Gasteiger partial charge in [0.1, 0.15) is 11.5 Å². The highest BCUT2D eigenvalue weighted by Crippen LogP contribution is 2.43. The molecule has 0 spiro atoms. The summed E-state index contributed by atoms with van der Waals surface area (Å²) in [6.45, 7) is 6.37. The molecule has 2 bridgehead atoms. The second-order valence-electron chi connectivity index (χ2n) is 9.43. The molecule has 168 valence electrons. The molecule has 0 saturated heterocycles. The summed E-state index contributed by atoms with van der Waals surface area (Å²) in [5, 5.41) is 2.76. The highest BCUT2D eigenvalue weighted by molar-refractivity contribution is 5.93. The molecule has 1 fully saturated rings. The van der Waals surface area contributed by atoms with E-state index in [1.807, 2.05) is 12.1 Å². The molecular weight excluding hydrogens is 402 g/mol. The van der Waals surface area contributed by atoms with Gasteiger partial charge in [-0.15, -0.1) is 0 Å². The zero-order valence-electron chi connectivity index (χ0n) is 19.0. The highest BCUT2D eigenvalue weighted by Gasteiger charge is 2.40. The first-order valence-electron chi connectivity index (χ1n) is 11.4. The van der Waals surface area contributed by atoms with Gasteiger partial charge in [-0.1, -0.05) is 45.1 Å². The van der Waals surface area contributed by atoms with Gasteiger partial charge in [0.2, 0.25) is 0 Å². The van der Waals surface area contributed by atoms with E-state index in [1.54, 1.807) is 24.3 Å². The number of ether oxygens (including phenoxy) is 2. The first-order chi connectivity index (χ1) is 15.3. The van der Waals surface area contributed by atoms with Crippen molar-refractivity contribution in [1.29, 1.82) is 0 Å².